The van der Waals surface area contributed by atoms with Gasteiger partial charge >= 0.3 is 5.82 Å². The molecule has 20 heavy (non-hydrogen) atoms. The van der Waals surface area contributed by atoms with Gasteiger partial charge in [-0.1, -0.05) is 13.8 Å². The van der Waals surface area contributed by atoms with Gasteiger partial charge in [0, 0.05) is 17.5 Å². The molecule has 0 spiro atoms. The summed E-state index contributed by atoms with van der Waals surface area (Å²) in [6.45, 7) is 3.53. The lowest BCUT2D eigenvalue weighted by Gasteiger charge is -2.49. The maximum absolute atomic E-state index is 12.1. The number of hydrogen-bond donors (Lipinski definition) is 2. The zero-order valence-electron chi connectivity index (χ0n) is 11.0. The van der Waals surface area contributed by atoms with Crippen molar-refractivity contribution < 1.29 is 18.4 Å². The molecule has 1 aromatic heterocycles. The number of pyridine rings is 1. The molecule has 0 saturated heterocycles. The Bertz CT molecular complexity index is 626. The van der Waals surface area contributed by atoms with Gasteiger partial charge in [0.25, 0.3) is 0 Å². The maximum atomic E-state index is 12.1. The van der Waals surface area contributed by atoms with Crippen LogP contribution in [0.5, 0.6) is 0 Å². The van der Waals surface area contributed by atoms with Gasteiger partial charge in [-0.05, 0) is 22.4 Å². The molecule has 0 amide bonds. The van der Waals surface area contributed by atoms with Crippen LogP contribution in [0, 0.1) is 15.5 Å². The highest BCUT2D eigenvalue weighted by atomic mass is 32.2. The number of nitrogens with one attached hydrogen (secondary N) is 1. The van der Waals surface area contributed by atoms with Crippen LogP contribution in [0.4, 0.5) is 5.82 Å². The molecule has 8 nitrogen and oxygen atoms in total. The summed E-state index contributed by atoms with van der Waals surface area (Å²) in [5.74, 6) is -0.414. The van der Waals surface area contributed by atoms with Crippen molar-refractivity contribution in [3.8, 4) is 0 Å². The molecule has 1 aromatic rings. The minimum atomic E-state index is -3.80. The average Bonchev–Trinajstić information content (AvgIpc) is 2.38. The topological polar surface area (TPSA) is 122 Å². The van der Waals surface area contributed by atoms with Gasteiger partial charge in [0.15, 0.2) is 6.20 Å². The second-order valence-corrected chi connectivity index (χ2v) is 7.07. The van der Waals surface area contributed by atoms with Gasteiger partial charge in [0.1, 0.15) is 4.90 Å². The first-order valence-electron chi connectivity index (χ1n) is 5.95. The smallest absolute Gasteiger partial charge is 0.363 e. The van der Waals surface area contributed by atoms with Gasteiger partial charge in [-0.3, -0.25) is 0 Å². The largest absolute Gasteiger partial charge is 0.392 e. The zero-order chi connectivity index (χ0) is 15.1. The molecule has 2 N–H and O–H groups in total. The summed E-state index contributed by atoms with van der Waals surface area (Å²) in [7, 11) is -3.80. The van der Waals surface area contributed by atoms with Crippen LogP contribution in [0.3, 0.4) is 0 Å². The average molecular weight is 301 g/mol. The van der Waals surface area contributed by atoms with Crippen LogP contribution in [0.1, 0.15) is 20.3 Å². The fourth-order valence-electron chi connectivity index (χ4n) is 2.00. The standard InChI is InChI=1S/C11H15N3O5S/c1-11(2)8(5-9(11)15)13-20(18,19)7-3-4-10(12-6-7)14(16)17/h3-4,6,8-9,13,15H,5H2,1-2H3. The number of aliphatic hydroxyl groups is 1. The quantitative estimate of drug-likeness (QED) is 0.614. The van der Waals surface area contributed by atoms with Gasteiger partial charge in [0.2, 0.25) is 10.0 Å². The SMILES string of the molecule is CC1(C)C(O)CC1NS(=O)(=O)c1ccc([N+](=O)[O-])nc1. The minimum absolute atomic E-state index is 0.139. The molecule has 0 radical (unpaired) electrons. The third-order valence-corrected chi connectivity index (χ3v) is 5.19. The first kappa shape index (κ1) is 14.8. The van der Waals surface area contributed by atoms with Crippen LogP contribution >= 0.6 is 0 Å². The van der Waals surface area contributed by atoms with Crippen LogP contribution in [-0.2, 0) is 10.0 Å². The molecule has 1 heterocycles. The van der Waals surface area contributed by atoms with E-state index in [4.69, 9.17) is 0 Å². The summed E-state index contributed by atoms with van der Waals surface area (Å²) >= 11 is 0. The molecule has 2 rings (SSSR count). The zero-order valence-corrected chi connectivity index (χ0v) is 11.8. The van der Waals surface area contributed by atoms with Crippen LogP contribution in [-0.4, -0.2) is 35.6 Å². The molecule has 2 unspecified atom stereocenters. The molecular formula is C11H15N3O5S. The summed E-state index contributed by atoms with van der Waals surface area (Å²) in [4.78, 5) is 13.1. The highest BCUT2D eigenvalue weighted by molar-refractivity contribution is 7.89. The lowest BCUT2D eigenvalue weighted by molar-refractivity contribution is -0.389. The monoisotopic (exact) mass is 301 g/mol. The summed E-state index contributed by atoms with van der Waals surface area (Å²) in [5.41, 5.74) is -0.540. The molecule has 1 aliphatic rings. The number of rotatable bonds is 4. The Morgan fingerprint density at radius 2 is 2.15 bits per heavy atom. The molecule has 1 aliphatic carbocycles. The Kier molecular flexibility index (Phi) is 3.53. The third kappa shape index (κ3) is 2.51. The van der Waals surface area contributed by atoms with Gasteiger partial charge < -0.3 is 15.2 Å². The Morgan fingerprint density at radius 3 is 2.55 bits per heavy atom. The number of nitrogens with zero attached hydrogens (tertiary/aromatic N) is 2. The number of aromatic nitrogens is 1. The highest BCUT2D eigenvalue weighted by Crippen LogP contribution is 2.41. The molecule has 0 aliphatic heterocycles. The highest BCUT2D eigenvalue weighted by Gasteiger charge is 2.49. The molecule has 0 bridgehead atoms. The Balaban J connectivity index is 2.17. The number of nitro groups is 1. The normalized spacial score (nSPS) is 24.9. The summed E-state index contributed by atoms with van der Waals surface area (Å²) in [6.07, 6.45) is 0.736. The van der Waals surface area contributed by atoms with Gasteiger partial charge in [-0.25, -0.2) is 13.1 Å². The fraction of sp³-hybridized carbons (Fsp3) is 0.545. The summed E-state index contributed by atoms with van der Waals surface area (Å²) < 4.78 is 26.7. The number of aliphatic hydroxyl groups excluding tert-OH is 1. The van der Waals surface area contributed by atoms with Crippen molar-refractivity contribution >= 4 is 15.8 Å². The molecule has 0 aromatic carbocycles. The van der Waals surface area contributed by atoms with E-state index in [1.807, 2.05) is 0 Å². The second kappa shape index (κ2) is 4.76. The minimum Gasteiger partial charge on any atom is -0.392 e. The Labute approximate surface area is 116 Å². The molecule has 2 atom stereocenters. The van der Waals surface area contributed by atoms with Gasteiger partial charge in [0.05, 0.1) is 6.10 Å². The van der Waals surface area contributed by atoms with E-state index in [-0.39, 0.29) is 10.9 Å². The van der Waals surface area contributed by atoms with Crippen molar-refractivity contribution in [2.24, 2.45) is 5.41 Å². The Morgan fingerprint density at radius 1 is 1.50 bits per heavy atom. The molecule has 1 saturated carbocycles. The van der Waals surface area contributed by atoms with Crippen molar-refractivity contribution in [3.05, 3.63) is 28.4 Å². The van der Waals surface area contributed by atoms with Crippen molar-refractivity contribution in [3.63, 3.8) is 0 Å². The van der Waals surface area contributed by atoms with E-state index < -0.39 is 32.3 Å². The van der Waals surface area contributed by atoms with Crippen LogP contribution in [0.25, 0.3) is 0 Å². The number of hydrogen-bond acceptors (Lipinski definition) is 6. The van der Waals surface area contributed by atoms with Crippen LogP contribution < -0.4 is 4.72 Å². The van der Waals surface area contributed by atoms with E-state index in [2.05, 4.69) is 9.71 Å². The van der Waals surface area contributed by atoms with Crippen molar-refractivity contribution in [1.29, 1.82) is 0 Å². The number of sulfonamides is 1. The summed E-state index contributed by atoms with van der Waals surface area (Å²) in [5, 5.41) is 20.1. The fourth-order valence-corrected chi connectivity index (χ4v) is 3.35. The third-order valence-electron chi connectivity index (χ3n) is 3.73. The van der Waals surface area contributed by atoms with E-state index >= 15 is 0 Å². The van der Waals surface area contributed by atoms with E-state index in [1.165, 1.54) is 0 Å². The molecule has 1 fully saturated rings. The van der Waals surface area contributed by atoms with Crippen molar-refractivity contribution in [2.45, 2.75) is 37.3 Å². The van der Waals surface area contributed by atoms with Crippen molar-refractivity contribution in [2.75, 3.05) is 0 Å². The van der Waals surface area contributed by atoms with E-state index in [1.54, 1.807) is 13.8 Å². The van der Waals surface area contributed by atoms with E-state index in [0.717, 1.165) is 18.3 Å². The Hall–Kier alpha value is -1.58. The van der Waals surface area contributed by atoms with Crippen LogP contribution in [0.2, 0.25) is 0 Å². The van der Waals surface area contributed by atoms with Gasteiger partial charge in [-0.2, -0.15) is 0 Å². The van der Waals surface area contributed by atoms with E-state index in [0.29, 0.717) is 6.42 Å². The summed E-state index contributed by atoms with van der Waals surface area (Å²) in [6, 6.07) is 1.79. The van der Waals surface area contributed by atoms with Gasteiger partial charge in [-0.15, -0.1) is 0 Å². The first-order valence-corrected chi connectivity index (χ1v) is 7.44. The van der Waals surface area contributed by atoms with Crippen LogP contribution in [0.15, 0.2) is 23.2 Å². The molecule has 110 valence electrons. The van der Waals surface area contributed by atoms with E-state index in [9.17, 15) is 23.6 Å². The lowest BCUT2D eigenvalue weighted by Crippen LogP contribution is -2.61. The molecule has 9 heteroatoms. The van der Waals surface area contributed by atoms with Crippen molar-refractivity contribution in [1.82, 2.24) is 9.71 Å². The second-order valence-electron chi connectivity index (χ2n) is 5.36. The maximum Gasteiger partial charge on any atom is 0.363 e. The predicted molar refractivity (Wildman–Crippen MR) is 69.4 cm³/mol. The lowest BCUT2D eigenvalue weighted by atomic mass is 9.65. The molecular weight excluding hydrogens is 286 g/mol. The predicted octanol–water partition coefficient (Wildman–Crippen LogP) is 0.427. The first-order chi connectivity index (χ1) is 9.14.